The highest BCUT2D eigenvalue weighted by Gasteiger charge is 2.33. The predicted molar refractivity (Wildman–Crippen MR) is 448 cm³/mol. The first-order chi connectivity index (χ1) is 52.4. The lowest BCUT2D eigenvalue weighted by Crippen LogP contribution is -2.50. The number of benzene rings is 4. The summed E-state index contributed by atoms with van der Waals surface area (Å²) in [5.41, 5.74) is 14.2. The van der Waals surface area contributed by atoms with Crippen LogP contribution in [0.3, 0.4) is 0 Å². The van der Waals surface area contributed by atoms with Gasteiger partial charge in [-0.15, -0.1) is 0 Å². The normalized spacial score (nSPS) is 20.1. The molecule has 8 atom stereocenters. The van der Waals surface area contributed by atoms with Gasteiger partial charge in [-0.25, -0.2) is 29.3 Å². The number of amides is 3. The van der Waals surface area contributed by atoms with Gasteiger partial charge < -0.3 is 55.3 Å². The number of imidazole rings is 3. The van der Waals surface area contributed by atoms with E-state index in [0.717, 1.165) is 132 Å². The van der Waals surface area contributed by atoms with Gasteiger partial charge in [-0.05, 0) is 210 Å². The van der Waals surface area contributed by atoms with E-state index in [0.29, 0.717) is 28.8 Å². The molecule has 112 heavy (non-hydrogen) atoms. The zero-order valence-electron chi connectivity index (χ0n) is 67.9. The van der Waals surface area contributed by atoms with E-state index in [2.05, 4.69) is 144 Å². The first kappa shape index (κ1) is 92.5. The van der Waals surface area contributed by atoms with E-state index in [1.54, 1.807) is 47.7 Å². The Balaban J connectivity index is 0.000000225. The van der Waals surface area contributed by atoms with E-state index in [1.165, 1.54) is 37.2 Å². The fourth-order valence-corrected chi connectivity index (χ4v) is 14.5. The number of hydrogen-bond acceptors (Lipinski definition) is 20. The second-order valence-corrected chi connectivity index (χ2v) is 35.0. The van der Waals surface area contributed by atoms with Gasteiger partial charge in [0.1, 0.15) is 16.8 Å². The summed E-state index contributed by atoms with van der Waals surface area (Å²) in [5, 5.41) is 45.8. The maximum Gasteiger partial charge on any atom is 0.407 e. The Bertz CT molecular complexity index is 4190. The number of H-pyrrole nitrogens is 1. The van der Waals surface area contributed by atoms with E-state index in [9.17, 15) is 44.7 Å². The van der Waals surface area contributed by atoms with E-state index in [4.69, 9.17) is 19.9 Å². The molecule has 4 aliphatic rings. The molecule has 3 amide bonds. The molecule has 0 aliphatic carbocycles. The number of alkyl halides is 1. The minimum Gasteiger partial charge on any atom is -0.444 e. The van der Waals surface area contributed by atoms with Crippen molar-refractivity contribution in [2.45, 2.75) is 203 Å². The molecule has 0 spiro atoms. The number of carbonyl (C=O) groups excluding carboxylic acids is 3. The largest absolute Gasteiger partial charge is 0.444 e. The Morgan fingerprint density at radius 3 is 1.21 bits per heavy atom. The lowest BCUT2D eigenvalue weighted by Gasteiger charge is -2.37. The number of non-ortho nitro benzene ring substituents is 3. The third kappa shape index (κ3) is 33.3. The number of carbonyl (C=O) groups is 3. The Kier molecular flexibility index (Phi) is 35.7. The number of likely N-dealkylation sites (tertiary alicyclic amines) is 3. The number of hydrogen-bond donors (Lipinski definition) is 6. The van der Waals surface area contributed by atoms with Crippen LogP contribution in [0.4, 0.5) is 37.1 Å². The number of aromatic nitrogens is 6. The Labute approximate surface area is 684 Å². The summed E-state index contributed by atoms with van der Waals surface area (Å²) in [6, 6.07) is 21.4. The molecule has 8 unspecified atom stereocenters. The summed E-state index contributed by atoms with van der Waals surface area (Å²) in [5.74, 6) is 2.67. The number of alkyl carbamates (subject to hydrolysis) is 3. The number of halogens is 3. The molecule has 4 aromatic carbocycles. The standard InChI is InChI=1S/C22H31N5O4.C22H33N5O2.C18H26BrN3O4.C7H5Br2NO2.C7H15N.C4H6N2/c1-15-11-25(7-6-20(15)24-21(28)31-22(3,4)5)13-17-8-18(10-19(9-17)27(29)30)26-12-16(2)23-14-26;1-15-11-26(7-6-20(15)25-21(28)29-22(3,4)5)13-17-8-18(23)10-19(9-17)27-12-16(2)24-14-27;1-12-10-21(6-5-16(12)20-17(23)26-18(2,3)4)11-13-7-14(19)9-15(8-13)22(24)25;8-4-5-1-6(9)3-7(2-5)10(11)12;1-6-3-4-8-5-7(6)2;1-4-2-5-3-6-4/h8-10,12,14-15,20H,6-7,11,13H2,1-5H3,(H,24,28);8-10,12,14-15,20H,6-7,11,13,23H2,1-5H3,(H,25,28);7-9,12,16H,5-6,10-11H2,1-4H3,(H,20,23);1-3H,4H2;6-8H,3-5H2,1-2H3;2-3H,1H3,(H,5,6). The van der Waals surface area contributed by atoms with Crippen molar-refractivity contribution in [2.75, 3.05) is 58.1 Å². The lowest BCUT2D eigenvalue weighted by atomic mass is 9.90. The number of nitrogens with one attached hydrogen (secondary N) is 5. The smallest absolute Gasteiger partial charge is 0.407 e. The topological polar surface area (TPSA) is 356 Å². The summed E-state index contributed by atoms with van der Waals surface area (Å²) < 4.78 is 21.3. The number of nitrogens with two attached hydrogens (primary N) is 1. The zero-order valence-corrected chi connectivity index (χ0v) is 72.6. The van der Waals surface area contributed by atoms with Crippen molar-refractivity contribution in [3.05, 3.63) is 189 Å². The molecule has 7 N–H and O–H groups in total. The van der Waals surface area contributed by atoms with Crippen LogP contribution in [0.5, 0.6) is 0 Å². The molecule has 4 aliphatic heterocycles. The summed E-state index contributed by atoms with van der Waals surface area (Å²) in [7, 11) is 0. The van der Waals surface area contributed by atoms with E-state index in [-0.39, 0.29) is 69.1 Å². The van der Waals surface area contributed by atoms with Gasteiger partial charge in [0.15, 0.2) is 0 Å². The first-order valence-electron chi connectivity index (χ1n) is 37.9. The maximum atomic E-state index is 12.1. The molecule has 3 aromatic heterocycles. The summed E-state index contributed by atoms with van der Waals surface area (Å²) in [4.78, 5) is 90.0. The van der Waals surface area contributed by atoms with Gasteiger partial charge in [0.05, 0.1) is 50.8 Å². The van der Waals surface area contributed by atoms with Crippen LogP contribution in [0, 0.1) is 80.7 Å². The van der Waals surface area contributed by atoms with Gasteiger partial charge in [0, 0.05) is 163 Å². The molecule has 7 aromatic rings. The average Bonchev–Trinajstić information content (AvgIpc) is 1.50. The van der Waals surface area contributed by atoms with Crippen molar-refractivity contribution in [2.24, 2.45) is 29.6 Å². The number of piperidine rings is 4. The van der Waals surface area contributed by atoms with Gasteiger partial charge in [-0.3, -0.25) is 45.0 Å². The number of aryl methyl sites for hydroxylation is 3. The van der Waals surface area contributed by atoms with Gasteiger partial charge in [0.25, 0.3) is 17.1 Å². The monoisotopic (exact) mass is 1740 g/mol. The second-order valence-electron chi connectivity index (χ2n) is 32.6. The number of nitro groups is 3. The van der Waals surface area contributed by atoms with Gasteiger partial charge in [0.2, 0.25) is 0 Å². The molecular weight excluding hydrogens is 1630 g/mol. The molecule has 7 heterocycles. The zero-order chi connectivity index (χ0) is 82.9. The number of aromatic amines is 1. The Morgan fingerprint density at radius 1 is 0.527 bits per heavy atom. The van der Waals surface area contributed by atoms with Crippen LogP contribution >= 0.6 is 47.8 Å². The number of nitrogen functional groups attached to an aromatic ring is 1. The molecule has 4 saturated heterocycles. The van der Waals surface area contributed by atoms with Crippen LogP contribution < -0.4 is 27.0 Å². The van der Waals surface area contributed by atoms with E-state index < -0.39 is 27.8 Å². The van der Waals surface area contributed by atoms with E-state index in [1.807, 2.05) is 137 Å². The summed E-state index contributed by atoms with van der Waals surface area (Å²) >= 11 is 9.76. The third-order valence-corrected chi connectivity index (χ3v) is 20.4. The summed E-state index contributed by atoms with van der Waals surface area (Å²) in [6.45, 7) is 43.1. The highest BCUT2D eigenvalue weighted by Crippen LogP contribution is 2.30. The van der Waals surface area contributed by atoms with Crippen LogP contribution in [0.1, 0.15) is 162 Å². The van der Waals surface area contributed by atoms with Crippen molar-refractivity contribution in [1.82, 2.24) is 65.0 Å². The SMILES string of the molecule is CC1CCNCC1C.CC1CN(Cc2cc(Br)cc([N+](=O)[O-])c2)CCC1NC(=O)OC(C)(C)C.Cc1cn(-c2cc(CN3CCC(NC(=O)OC(C)(C)C)C(C)C3)cc([N+](=O)[O-])c2)cn1.Cc1cn(-c2cc(N)cc(CN3CCC(NC(=O)OC(C)(C)C)C(C)C3)c2)cn1.Cc1cnc[nH]1.O=[N+]([O-])c1cc(Br)cc(CBr)c1. The number of anilines is 1. The van der Waals surface area contributed by atoms with E-state index >= 15 is 0 Å². The quantitative estimate of drug-likeness (QED) is 0.0182. The molecule has 11 rings (SSSR count). The van der Waals surface area contributed by atoms with Crippen molar-refractivity contribution < 1.29 is 43.4 Å². The number of nitrogens with zero attached hydrogens (tertiary/aromatic N) is 11. The highest BCUT2D eigenvalue weighted by atomic mass is 79.9. The van der Waals surface area contributed by atoms with Crippen molar-refractivity contribution in [3.63, 3.8) is 0 Å². The first-order valence-corrected chi connectivity index (χ1v) is 40.6. The van der Waals surface area contributed by atoms with Crippen molar-refractivity contribution in [1.29, 1.82) is 0 Å². The highest BCUT2D eigenvalue weighted by molar-refractivity contribution is 9.10. The molecule has 0 bridgehead atoms. The van der Waals surface area contributed by atoms with Gasteiger partial charge >= 0.3 is 18.3 Å². The lowest BCUT2D eigenvalue weighted by molar-refractivity contribution is -0.385. The van der Waals surface area contributed by atoms with Crippen LogP contribution in [0.15, 0.2) is 119 Å². The molecule has 0 radical (unpaired) electrons. The van der Waals surface area contributed by atoms with Crippen molar-refractivity contribution in [3.8, 4) is 11.4 Å². The van der Waals surface area contributed by atoms with Crippen LogP contribution in [-0.2, 0) is 39.2 Å². The van der Waals surface area contributed by atoms with Crippen LogP contribution in [-0.4, -0.2) is 164 Å². The predicted octanol–water partition coefficient (Wildman–Crippen LogP) is 16.6. The average molecular weight is 1750 g/mol. The maximum absolute atomic E-state index is 12.1. The minimum absolute atomic E-state index is 0.0423. The molecular formula is C80H116Br3N17O12. The Morgan fingerprint density at radius 2 is 0.902 bits per heavy atom. The molecule has 4 fully saturated rings. The molecule has 32 heteroatoms. The number of ether oxygens (including phenoxy) is 3. The van der Waals surface area contributed by atoms with Crippen LogP contribution in [0.2, 0.25) is 0 Å². The molecule has 614 valence electrons. The second kappa shape index (κ2) is 43.2. The fourth-order valence-electron chi connectivity index (χ4n) is 13.1. The van der Waals surface area contributed by atoms with Crippen molar-refractivity contribution >= 4 is 88.8 Å². The fraction of sp³-hybridized carbons (Fsp3) is 0.550. The molecule has 0 saturated carbocycles. The van der Waals surface area contributed by atoms with Gasteiger partial charge in [-0.2, -0.15) is 0 Å². The molecule has 29 nitrogen and oxygen atoms in total. The summed E-state index contributed by atoms with van der Waals surface area (Å²) in [6.07, 6.45) is 13.5. The van der Waals surface area contributed by atoms with Crippen LogP contribution in [0.25, 0.3) is 11.4 Å². The Hall–Kier alpha value is -8.40. The van der Waals surface area contributed by atoms with Gasteiger partial charge in [-0.1, -0.05) is 82.4 Å². The third-order valence-electron chi connectivity index (χ3n) is 18.8. The number of rotatable bonds is 15. The minimum atomic E-state index is -0.526. The number of nitro benzene ring substituents is 3.